The number of benzene rings is 3. The molecular weight excluding hydrogens is 624 g/mol. The van der Waals surface area contributed by atoms with Crippen LogP contribution in [-0.4, -0.2) is 65.5 Å². The van der Waals surface area contributed by atoms with Crippen LogP contribution in [0.4, 0.5) is 0 Å². The highest BCUT2D eigenvalue weighted by molar-refractivity contribution is 5.91. The van der Waals surface area contributed by atoms with Crippen molar-refractivity contribution < 1.29 is 42.9 Å². The number of ether oxygens (including phenoxy) is 5. The Hall–Kier alpha value is -6.08. The Kier molecular flexibility index (Phi) is 10.4. The standard InChI is InChI=1S/C35H30N2O11/c1-21-25(18-19-27(38)44-2)30(39)37(35(43)36-21)31-29(48-34(42)24-16-10-5-11-17-24)28(47-33(41)23-14-8-4-9-15-23)26(46-31)20-45-32(40)22-12-6-3-7-13-22/h3-19,26,28-29,31H,20H2,1-2H3,(H,36,43)/b19-18+. The average molecular weight is 655 g/mol. The van der Waals surface area contributed by atoms with Gasteiger partial charge in [0.05, 0.1) is 29.4 Å². The van der Waals surface area contributed by atoms with Gasteiger partial charge in [-0.1, -0.05) is 54.6 Å². The number of rotatable bonds is 10. The Balaban J connectivity index is 1.59. The molecule has 1 saturated heterocycles. The molecule has 4 atom stereocenters. The average Bonchev–Trinajstić information content (AvgIpc) is 3.43. The lowest BCUT2D eigenvalue weighted by molar-refractivity contribution is -0.134. The minimum Gasteiger partial charge on any atom is -0.466 e. The Morgan fingerprint density at radius 1 is 0.771 bits per heavy atom. The second-order valence-electron chi connectivity index (χ2n) is 10.5. The predicted octanol–water partition coefficient (Wildman–Crippen LogP) is 3.24. The monoisotopic (exact) mass is 654 g/mol. The quantitative estimate of drug-likeness (QED) is 0.151. The van der Waals surface area contributed by atoms with Crippen molar-refractivity contribution in [3.8, 4) is 0 Å². The number of methoxy groups -OCH3 is 1. The fourth-order valence-electron chi connectivity index (χ4n) is 4.98. The first-order chi connectivity index (χ1) is 23.2. The Labute approximate surface area is 273 Å². The molecule has 1 N–H and O–H groups in total. The number of carbonyl (C=O) groups excluding carboxylic acids is 4. The number of aromatic amines is 1. The highest BCUT2D eigenvalue weighted by atomic mass is 16.7. The van der Waals surface area contributed by atoms with E-state index >= 15 is 0 Å². The van der Waals surface area contributed by atoms with E-state index in [1.165, 1.54) is 43.3 Å². The number of nitrogens with zero attached hydrogens (tertiary/aromatic N) is 1. The molecule has 1 fully saturated rings. The van der Waals surface area contributed by atoms with Crippen molar-refractivity contribution in [2.75, 3.05) is 13.7 Å². The van der Waals surface area contributed by atoms with Gasteiger partial charge in [0.25, 0.3) is 5.56 Å². The van der Waals surface area contributed by atoms with Gasteiger partial charge in [0.15, 0.2) is 18.4 Å². The minimum absolute atomic E-state index is 0.103. The molecule has 2 heterocycles. The summed E-state index contributed by atoms with van der Waals surface area (Å²) in [6.07, 6.45) is -3.96. The van der Waals surface area contributed by atoms with Gasteiger partial charge in [0.1, 0.15) is 12.7 Å². The summed E-state index contributed by atoms with van der Waals surface area (Å²) in [7, 11) is 1.16. The molecule has 1 aliphatic heterocycles. The van der Waals surface area contributed by atoms with Crippen LogP contribution in [0.15, 0.2) is 107 Å². The van der Waals surface area contributed by atoms with E-state index in [2.05, 4.69) is 9.72 Å². The highest BCUT2D eigenvalue weighted by Gasteiger charge is 2.52. The molecule has 1 aliphatic rings. The maximum atomic E-state index is 13.8. The van der Waals surface area contributed by atoms with Gasteiger partial charge in [-0.2, -0.15) is 0 Å². The predicted molar refractivity (Wildman–Crippen MR) is 169 cm³/mol. The van der Waals surface area contributed by atoms with E-state index in [0.29, 0.717) is 4.57 Å². The van der Waals surface area contributed by atoms with Gasteiger partial charge in [-0.05, 0) is 49.4 Å². The molecule has 13 heteroatoms. The smallest absolute Gasteiger partial charge is 0.338 e. The summed E-state index contributed by atoms with van der Waals surface area (Å²) in [5.41, 5.74) is -1.35. The molecule has 48 heavy (non-hydrogen) atoms. The molecule has 0 aliphatic carbocycles. The van der Waals surface area contributed by atoms with Crippen LogP contribution in [-0.2, 0) is 28.5 Å². The second kappa shape index (κ2) is 15.0. The number of aromatic nitrogens is 2. The van der Waals surface area contributed by atoms with E-state index in [1.54, 1.807) is 54.6 Å². The summed E-state index contributed by atoms with van der Waals surface area (Å²) < 4.78 is 28.6. The molecule has 0 spiro atoms. The Morgan fingerprint density at radius 3 is 1.79 bits per heavy atom. The van der Waals surface area contributed by atoms with Gasteiger partial charge >= 0.3 is 29.6 Å². The van der Waals surface area contributed by atoms with Crippen molar-refractivity contribution in [3.63, 3.8) is 0 Å². The van der Waals surface area contributed by atoms with E-state index < -0.39 is 66.3 Å². The van der Waals surface area contributed by atoms with Gasteiger partial charge in [-0.3, -0.25) is 4.79 Å². The number of H-pyrrole nitrogens is 1. The Morgan fingerprint density at radius 2 is 1.27 bits per heavy atom. The first-order valence-corrected chi connectivity index (χ1v) is 14.7. The minimum atomic E-state index is -1.69. The van der Waals surface area contributed by atoms with Crippen molar-refractivity contribution in [2.24, 2.45) is 0 Å². The zero-order valence-electron chi connectivity index (χ0n) is 25.8. The van der Waals surface area contributed by atoms with Crippen molar-refractivity contribution in [3.05, 3.63) is 146 Å². The zero-order chi connectivity index (χ0) is 34.2. The number of nitrogens with one attached hydrogen (secondary N) is 1. The molecule has 0 radical (unpaired) electrons. The molecule has 246 valence electrons. The van der Waals surface area contributed by atoms with Crippen LogP contribution in [0.2, 0.25) is 0 Å². The first-order valence-electron chi connectivity index (χ1n) is 14.7. The van der Waals surface area contributed by atoms with E-state index in [1.807, 2.05) is 0 Å². The number of aryl methyl sites for hydroxylation is 1. The van der Waals surface area contributed by atoms with Crippen molar-refractivity contribution in [1.29, 1.82) is 0 Å². The van der Waals surface area contributed by atoms with Crippen molar-refractivity contribution >= 4 is 30.0 Å². The van der Waals surface area contributed by atoms with Gasteiger partial charge in [-0.15, -0.1) is 0 Å². The normalized spacial score (nSPS) is 18.6. The van der Waals surface area contributed by atoms with Crippen LogP contribution in [0.25, 0.3) is 6.08 Å². The summed E-state index contributed by atoms with van der Waals surface area (Å²) in [5, 5.41) is 0. The zero-order valence-corrected chi connectivity index (χ0v) is 25.8. The summed E-state index contributed by atoms with van der Waals surface area (Å²) in [6.45, 7) is 0.923. The maximum Gasteiger partial charge on any atom is 0.338 e. The molecule has 13 nitrogen and oxygen atoms in total. The first kappa shape index (κ1) is 33.3. The van der Waals surface area contributed by atoms with Crippen LogP contribution in [0.1, 0.15) is 48.6 Å². The van der Waals surface area contributed by atoms with E-state index in [-0.39, 0.29) is 27.9 Å². The molecule has 4 unspecified atom stereocenters. The summed E-state index contributed by atoms with van der Waals surface area (Å²) in [4.78, 5) is 81.2. The summed E-state index contributed by atoms with van der Waals surface area (Å²) >= 11 is 0. The fourth-order valence-corrected chi connectivity index (χ4v) is 4.98. The lowest BCUT2D eigenvalue weighted by Gasteiger charge is -2.25. The number of carbonyl (C=O) groups is 4. The van der Waals surface area contributed by atoms with E-state index in [0.717, 1.165) is 19.3 Å². The fraction of sp³-hybridized carbons (Fsp3) is 0.200. The van der Waals surface area contributed by atoms with Gasteiger partial charge in [0.2, 0.25) is 0 Å². The van der Waals surface area contributed by atoms with Crippen LogP contribution < -0.4 is 11.2 Å². The third-order valence-electron chi connectivity index (χ3n) is 7.39. The molecule has 1 aromatic heterocycles. The van der Waals surface area contributed by atoms with Crippen molar-refractivity contribution in [1.82, 2.24) is 9.55 Å². The van der Waals surface area contributed by atoms with Gasteiger partial charge < -0.3 is 28.7 Å². The topological polar surface area (TPSA) is 169 Å². The molecule has 0 saturated carbocycles. The third-order valence-corrected chi connectivity index (χ3v) is 7.39. The lowest BCUT2D eigenvalue weighted by Crippen LogP contribution is -2.46. The van der Waals surface area contributed by atoms with Crippen LogP contribution >= 0.6 is 0 Å². The van der Waals surface area contributed by atoms with Crippen LogP contribution in [0.5, 0.6) is 0 Å². The summed E-state index contributed by atoms with van der Waals surface area (Å²) in [5.74, 6) is -3.20. The van der Waals surface area contributed by atoms with Crippen LogP contribution in [0.3, 0.4) is 0 Å². The largest absolute Gasteiger partial charge is 0.466 e. The molecular formula is C35H30N2O11. The summed E-state index contributed by atoms with van der Waals surface area (Å²) in [6, 6.07) is 23.9. The van der Waals surface area contributed by atoms with E-state index in [9.17, 15) is 28.8 Å². The third kappa shape index (κ3) is 7.48. The number of esters is 4. The van der Waals surface area contributed by atoms with Gasteiger partial charge in [0, 0.05) is 11.8 Å². The SMILES string of the molecule is COC(=O)/C=C/c1c(C)[nH]c(=O)n(C2OC(COC(=O)c3ccccc3)C(OC(=O)c3ccccc3)C2OC(=O)c2ccccc2)c1=O. The lowest BCUT2D eigenvalue weighted by atomic mass is 10.1. The molecule has 0 amide bonds. The highest BCUT2D eigenvalue weighted by Crippen LogP contribution is 2.34. The molecule has 4 aromatic rings. The molecule has 3 aromatic carbocycles. The van der Waals surface area contributed by atoms with E-state index in [4.69, 9.17) is 18.9 Å². The Bertz CT molecular complexity index is 1940. The van der Waals surface area contributed by atoms with Crippen molar-refractivity contribution in [2.45, 2.75) is 31.5 Å². The number of hydrogen-bond donors (Lipinski definition) is 1. The van der Waals surface area contributed by atoms with Crippen LogP contribution in [0, 0.1) is 6.92 Å². The number of hydrogen-bond acceptors (Lipinski definition) is 11. The second-order valence-corrected chi connectivity index (χ2v) is 10.5. The molecule has 5 rings (SSSR count). The maximum absolute atomic E-state index is 13.8. The molecule has 0 bridgehead atoms. The van der Waals surface area contributed by atoms with Gasteiger partial charge in [-0.25, -0.2) is 28.5 Å².